The average molecular weight is 220 g/mol. The Bertz CT molecular complexity index is 357. The SMILES string of the molecule is COc1cccnc1C1(C(C)C)CCCN1. The average Bonchev–Trinajstić information content (AvgIpc) is 2.79. The molecule has 0 bridgehead atoms. The summed E-state index contributed by atoms with van der Waals surface area (Å²) >= 11 is 0. The zero-order chi connectivity index (χ0) is 11.6. The molecule has 3 nitrogen and oxygen atoms in total. The third kappa shape index (κ3) is 1.69. The minimum atomic E-state index is -0.00734. The van der Waals surface area contributed by atoms with Crippen LogP contribution in [0, 0.1) is 5.92 Å². The second-order valence-corrected chi connectivity index (χ2v) is 4.71. The number of pyridine rings is 1. The predicted molar refractivity (Wildman–Crippen MR) is 64.5 cm³/mol. The number of hydrogen-bond donors (Lipinski definition) is 1. The number of rotatable bonds is 3. The van der Waals surface area contributed by atoms with Crippen molar-refractivity contribution >= 4 is 0 Å². The van der Waals surface area contributed by atoms with Crippen LogP contribution < -0.4 is 10.1 Å². The first-order valence-corrected chi connectivity index (χ1v) is 5.95. The number of ether oxygens (including phenoxy) is 1. The van der Waals surface area contributed by atoms with Gasteiger partial charge in [0.15, 0.2) is 0 Å². The highest BCUT2D eigenvalue weighted by molar-refractivity contribution is 5.34. The third-order valence-electron chi connectivity index (χ3n) is 3.59. The highest BCUT2D eigenvalue weighted by atomic mass is 16.5. The van der Waals surface area contributed by atoms with Crippen molar-refractivity contribution in [1.82, 2.24) is 10.3 Å². The predicted octanol–water partition coefficient (Wildman–Crippen LogP) is 2.32. The van der Waals surface area contributed by atoms with Crippen LogP contribution in [0.1, 0.15) is 32.4 Å². The Labute approximate surface area is 97.2 Å². The number of methoxy groups -OCH3 is 1. The quantitative estimate of drug-likeness (QED) is 0.849. The molecule has 2 heterocycles. The summed E-state index contributed by atoms with van der Waals surface area (Å²) in [6, 6.07) is 3.91. The van der Waals surface area contributed by atoms with Gasteiger partial charge in [-0.25, -0.2) is 0 Å². The Kier molecular flexibility index (Phi) is 3.15. The van der Waals surface area contributed by atoms with Gasteiger partial charge in [-0.15, -0.1) is 0 Å². The molecule has 0 saturated carbocycles. The van der Waals surface area contributed by atoms with Crippen molar-refractivity contribution < 1.29 is 4.74 Å². The highest BCUT2D eigenvalue weighted by Gasteiger charge is 2.41. The molecule has 0 amide bonds. The molecule has 0 aromatic carbocycles. The lowest BCUT2D eigenvalue weighted by Gasteiger charge is -2.34. The fourth-order valence-corrected chi connectivity index (χ4v) is 2.63. The second kappa shape index (κ2) is 4.42. The lowest BCUT2D eigenvalue weighted by atomic mass is 9.81. The van der Waals surface area contributed by atoms with E-state index in [2.05, 4.69) is 24.1 Å². The molecule has 0 spiro atoms. The maximum Gasteiger partial charge on any atom is 0.142 e. The van der Waals surface area contributed by atoms with Crippen LogP contribution in [0.2, 0.25) is 0 Å². The van der Waals surface area contributed by atoms with Crippen LogP contribution >= 0.6 is 0 Å². The molecular weight excluding hydrogens is 200 g/mol. The van der Waals surface area contributed by atoms with Crippen LogP contribution in [0.15, 0.2) is 18.3 Å². The molecule has 2 rings (SSSR count). The van der Waals surface area contributed by atoms with Crippen LogP contribution in [0.4, 0.5) is 0 Å². The van der Waals surface area contributed by atoms with E-state index in [0.29, 0.717) is 5.92 Å². The molecule has 1 fully saturated rings. The summed E-state index contributed by atoms with van der Waals surface area (Å²) in [4.78, 5) is 4.54. The van der Waals surface area contributed by atoms with Gasteiger partial charge in [0.25, 0.3) is 0 Å². The standard InChI is InChI=1S/C13H20N2O/c1-10(2)13(7-5-9-15-13)12-11(16-3)6-4-8-14-12/h4,6,8,10,15H,5,7,9H2,1-3H3. The van der Waals surface area contributed by atoms with Gasteiger partial charge in [0, 0.05) is 6.20 Å². The summed E-state index contributed by atoms with van der Waals surface area (Å²) in [5.74, 6) is 1.41. The van der Waals surface area contributed by atoms with Crippen molar-refractivity contribution in [2.24, 2.45) is 5.92 Å². The van der Waals surface area contributed by atoms with Gasteiger partial charge < -0.3 is 10.1 Å². The van der Waals surface area contributed by atoms with E-state index in [0.717, 1.165) is 24.4 Å². The van der Waals surface area contributed by atoms with Gasteiger partial charge in [0.2, 0.25) is 0 Å². The molecule has 1 unspecified atom stereocenters. The molecule has 1 aromatic rings. The summed E-state index contributed by atoms with van der Waals surface area (Å²) in [6.07, 6.45) is 4.19. The van der Waals surface area contributed by atoms with E-state index in [4.69, 9.17) is 4.74 Å². The topological polar surface area (TPSA) is 34.1 Å². The molecule has 1 aliphatic heterocycles. The van der Waals surface area contributed by atoms with E-state index in [1.54, 1.807) is 7.11 Å². The Morgan fingerprint density at radius 1 is 1.50 bits per heavy atom. The van der Waals surface area contributed by atoms with Crippen molar-refractivity contribution in [2.45, 2.75) is 32.2 Å². The molecule has 1 atom stereocenters. The molecule has 1 saturated heterocycles. The number of nitrogens with zero attached hydrogens (tertiary/aromatic N) is 1. The van der Waals surface area contributed by atoms with Crippen LogP contribution in [0.25, 0.3) is 0 Å². The number of nitrogens with one attached hydrogen (secondary N) is 1. The zero-order valence-corrected chi connectivity index (χ0v) is 10.3. The maximum atomic E-state index is 5.43. The van der Waals surface area contributed by atoms with Gasteiger partial charge in [-0.1, -0.05) is 13.8 Å². The minimum absolute atomic E-state index is 0.00734. The van der Waals surface area contributed by atoms with Crippen molar-refractivity contribution in [3.63, 3.8) is 0 Å². The van der Waals surface area contributed by atoms with E-state index < -0.39 is 0 Å². The summed E-state index contributed by atoms with van der Waals surface area (Å²) in [7, 11) is 1.71. The molecule has 88 valence electrons. The van der Waals surface area contributed by atoms with E-state index in [1.165, 1.54) is 6.42 Å². The summed E-state index contributed by atoms with van der Waals surface area (Å²) in [5.41, 5.74) is 1.05. The van der Waals surface area contributed by atoms with Gasteiger partial charge in [-0.05, 0) is 37.4 Å². The molecular formula is C13H20N2O. The Hall–Kier alpha value is -1.09. The van der Waals surface area contributed by atoms with Gasteiger partial charge >= 0.3 is 0 Å². The lowest BCUT2D eigenvalue weighted by molar-refractivity contribution is 0.256. The molecule has 0 radical (unpaired) electrons. The van der Waals surface area contributed by atoms with E-state index >= 15 is 0 Å². The smallest absolute Gasteiger partial charge is 0.142 e. The van der Waals surface area contributed by atoms with Crippen molar-refractivity contribution in [2.75, 3.05) is 13.7 Å². The first-order chi connectivity index (χ1) is 7.70. The van der Waals surface area contributed by atoms with Crippen molar-refractivity contribution in [3.05, 3.63) is 24.0 Å². The van der Waals surface area contributed by atoms with Crippen LogP contribution in [0.5, 0.6) is 5.75 Å². The number of aromatic nitrogens is 1. The first kappa shape index (κ1) is 11.4. The summed E-state index contributed by atoms with van der Waals surface area (Å²) in [6.45, 7) is 5.55. The normalized spacial score (nSPS) is 25.0. The Morgan fingerprint density at radius 2 is 2.31 bits per heavy atom. The third-order valence-corrected chi connectivity index (χ3v) is 3.59. The van der Waals surface area contributed by atoms with Gasteiger partial charge in [0.05, 0.1) is 12.6 Å². The van der Waals surface area contributed by atoms with Crippen LogP contribution in [0.3, 0.4) is 0 Å². The maximum absolute atomic E-state index is 5.43. The van der Waals surface area contributed by atoms with Gasteiger partial charge in [-0.3, -0.25) is 4.98 Å². The molecule has 0 aliphatic carbocycles. The Balaban J connectivity index is 2.46. The first-order valence-electron chi connectivity index (χ1n) is 5.95. The fraction of sp³-hybridized carbons (Fsp3) is 0.615. The molecule has 3 heteroatoms. The summed E-state index contributed by atoms with van der Waals surface area (Å²) in [5, 5.41) is 3.62. The van der Waals surface area contributed by atoms with E-state index in [9.17, 15) is 0 Å². The van der Waals surface area contributed by atoms with Gasteiger partial charge in [0.1, 0.15) is 11.4 Å². The second-order valence-electron chi connectivity index (χ2n) is 4.71. The highest BCUT2D eigenvalue weighted by Crippen LogP contribution is 2.40. The zero-order valence-electron chi connectivity index (χ0n) is 10.3. The van der Waals surface area contributed by atoms with Crippen LogP contribution in [-0.4, -0.2) is 18.6 Å². The van der Waals surface area contributed by atoms with Gasteiger partial charge in [-0.2, -0.15) is 0 Å². The van der Waals surface area contributed by atoms with Crippen molar-refractivity contribution in [3.8, 4) is 5.75 Å². The lowest BCUT2D eigenvalue weighted by Crippen LogP contribution is -2.42. The molecule has 1 aliphatic rings. The van der Waals surface area contributed by atoms with E-state index in [-0.39, 0.29) is 5.54 Å². The van der Waals surface area contributed by atoms with E-state index in [1.807, 2.05) is 18.3 Å². The molecule has 1 N–H and O–H groups in total. The monoisotopic (exact) mass is 220 g/mol. The van der Waals surface area contributed by atoms with Crippen molar-refractivity contribution in [1.29, 1.82) is 0 Å². The summed E-state index contributed by atoms with van der Waals surface area (Å²) < 4.78 is 5.43. The minimum Gasteiger partial charge on any atom is -0.495 e. The number of hydrogen-bond acceptors (Lipinski definition) is 3. The molecule has 1 aromatic heterocycles. The largest absolute Gasteiger partial charge is 0.495 e. The van der Waals surface area contributed by atoms with Crippen LogP contribution in [-0.2, 0) is 5.54 Å². The Morgan fingerprint density at radius 3 is 2.88 bits per heavy atom. The fourth-order valence-electron chi connectivity index (χ4n) is 2.63. The molecule has 16 heavy (non-hydrogen) atoms.